The highest BCUT2D eigenvalue weighted by atomic mass is 32.2. The van der Waals surface area contributed by atoms with E-state index in [9.17, 15) is 41.9 Å². The molecule has 0 spiro atoms. The summed E-state index contributed by atoms with van der Waals surface area (Å²) in [5, 5.41) is 1.66. The number of thioether (sulfide) groups is 1. The highest BCUT2D eigenvalue weighted by molar-refractivity contribution is 8.01. The molecule has 0 aliphatic carbocycles. The van der Waals surface area contributed by atoms with Gasteiger partial charge in [0.1, 0.15) is 18.8 Å². The molecule has 1 fully saturated rings. The molecule has 0 aromatic rings. The summed E-state index contributed by atoms with van der Waals surface area (Å²) < 4.78 is 71.1. The van der Waals surface area contributed by atoms with Crippen LogP contribution in [0.2, 0.25) is 0 Å². The highest BCUT2D eigenvalue weighted by Gasteiger charge is 2.59. The summed E-state index contributed by atoms with van der Waals surface area (Å²) in [7, 11) is 1.00. The van der Waals surface area contributed by atoms with Crippen LogP contribution >= 0.6 is 11.8 Å². The van der Waals surface area contributed by atoms with Crippen molar-refractivity contribution < 1.29 is 70.4 Å². The number of rotatable bonds is 11. The second-order valence-electron chi connectivity index (χ2n) is 8.13. The fourth-order valence-corrected chi connectivity index (χ4v) is 4.91. The Balaban J connectivity index is 3.88. The number of amides is 1. The first-order valence-corrected chi connectivity index (χ1v) is 12.4. The first-order chi connectivity index (χ1) is 18.0. The summed E-state index contributed by atoms with van der Waals surface area (Å²) in [6.07, 6.45) is -13.2. The molecule has 13 nitrogen and oxygen atoms in total. The van der Waals surface area contributed by atoms with E-state index in [4.69, 9.17) is 28.4 Å². The van der Waals surface area contributed by atoms with Gasteiger partial charge in [-0.1, -0.05) is 6.92 Å². The molecule has 1 amide bonds. The van der Waals surface area contributed by atoms with Gasteiger partial charge in [-0.2, -0.15) is 13.2 Å². The van der Waals surface area contributed by atoms with E-state index in [1.165, 1.54) is 0 Å². The molecule has 0 unspecified atom stereocenters. The van der Waals surface area contributed by atoms with Crippen molar-refractivity contribution in [3.05, 3.63) is 0 Å². The van der Waals surface area contributed by atoms with Crippen LogP contribution in [-0.4, -0.2) is 96.8 Å². The first-order valence-electron chi connectivity index (χ1n) is 11.4. The molecule has 1 rings (SSSR count). The summed E-state index contributed by atoms with van der Waals surface area (Å²) in [4.78, 5) is 70.2. The maximum Gasteiger partial charge on any atom is 0.471 e. The maximum atomic E-state index is 13.3. The Morgan fingerprint density at radius 3 is 2.03 bits per heavy atom. The Kier molecular flexibility index (Phi) is 12.5. The molecule has 6 atom stereocenters. The Labute approximate surface area is 225 Å². The predicted octanol–water partition coefficient (Wildman–Crippen LogP) is 0.803. The van der Waals surface area contributed by atoms with Gasteiger partial charge in [-0.25, -0.2) is 4.79 Å². The van der Waals surface area contributed by atoms with Crippen LogP contribution in [0.15, 0.2) is 0 Å². The largest absolute Gasteiger partial charge is 0.471 e. The standard InChI is InChI=1S/C22H30F3NO12S/c1-7-39-21(20(32)33-6)8-14(35-11(3)28)16(26-19(31)22(23,24)25)18(38-21)17(37-13(5)30)15(36-12(4)29)9-34-10(2)27/h14-18H,7-9H2,1-6H3,(H,26,31)/t14-,15+,16+,17+,18+,21+/m0/s1. The minimum absolute atomic E-state index is 0.174. The third-order valence-electron chi connectivity index (χ3n) is 5.06. The van der Waals surface area contributed by atoms with Crippen LogP contribution in [0.1, 0.15) is 41.0 Å². The molecule has 1 N–H and O–H groups in total. The van der Waals surface area contributed by atoms with Gasteiger partial charge >= 0.3 is 41.9 Å². The summed E-state index contributed by atoms with van der Waals surface area (Å²) in [5.74, 6) is -7.22. The molecule has 39 heavy (non-hydrogen) atoms. The minimum atomic E-state index is -5.41. The average Bonchev–Trinajstić information content (AvgIpc) is 2.79. The molecular formula is C22H30F3NO12S. The summed E-state index contributed by atoms with van der Waals surface area (Å²) >= 11 is 0.817. The monoisotopic (exact) mass is 589 g/mol. The van der Waals surface area contributed by atoms with E-state index >= 15 is 0 Å². The molecule has 1 aliphatic heterocycles. The lowest BCUT2D eigenvalue weighted by Crippen LogP contribution is -2.69. The van der Waals surface area contributed by atoms with Gasteiger partial charge in [-0.05, 0) is 5.75 Å². The van der Waals surface area contributed by atoms with Crippen molar-refractivity contribution in [2.24, 2.45) is 0 Å². The molecule has 1 saturated heterocycles. The molecule has 0 aromatic heterocycles. The Morgan fingerprint density at radius 1 is 1.00 bits per heavy atom. The van der Waals surface area contributed by atoms with E-state index in [0.29, 0.717) is 0 Å². The van der Waals surface area contributed by atoms with Crippen LogP contribution in [0, 0.1) is 0 Å². The molecule has 1 aliphatic rings. The van der Waals surface area contributed by atoms with Crippen molar-refractivity contribution in [1.29, 1.82) is 0 Å². The van der Waals surface area contributed by atoms with E-state index in [-0.39, 0.29) is 5.75 Å². The number of ether oxygens (including phenoxy) is 6. The van der Waals surface area contributed by atoms with Gasteiger partial charge in [0.25, 0.3) is 0 Å². The van der Waals surface area contributed by atoms with Gasteiger partial charge < -0.3 is 33.7 Å². The van der Waals surface area contributed by atoms with Gasteiger partial charge in [0, 0.05) is 34.1 Å². The average molecular weight is 590 g/mol. The zero-order valence-electron chi connectivity index (χ0n) is 21.9. The number of alkyl halides is 3. The van der Waals surface area contributed by atoms with E-state index in [1.807, 2.05) is 0 Å². The Bertz CT molecular complexity index is 946. The van der Waals surface area contributed by atoms with Crippen molar-refractivity contribution in [1.82, 2.24) is 5.32 Å². The number of hydrogen-bond acceptors (Lipinski definition) is 13. The van der Waals surface area contributed by atoms with Crippen molar-refractivity contribution in [3.8, 4) is 0 Å². The highest BCUT2D eigenvalue weighted by Crippen LogP contribution is 2.43. The summed E-state index contributed by atoms with van der Waals surface area (Å²) in [6, 6.07) is -1.92. The van der Waals surface area contributed by atoms with Crippen LogP contribution in [-0.2, 0) is 57.2 Å². The Hall–Kier alpha value is -3.08. The lowest BCUT2D eigenvalue weighted by atomic mass is 9.89. The number of hydrogen-bond donors (Lipinski definition) is 1. The van der Waals surface area contributed by atoms with Crippen LogP contribution in [0.4, 0.5) is 13.2 Å². The molecule has 0 bridgehead atoms. The molecular weight excluding hydrogens is 559 g/mol. The second-order valence-corrected chi connectivity index (χ2v) is 9.66. The smallest absolute Gasteiger partial charge is 0.466 e. The summed E-state index contributed by atoms with van der Waals surface area (Å²) in [5.41, 5.74) is 0. The molecule has 222 valence electrons. The number of carbonyl (C=O) groups is 6. The van der Waals surface area contributed by atoms with Crippen molar-refractivity contribution >= 4 is 47.5 Å². The SMILES string of the molecule is CCS[C@@]1(C(=O)OC)C[C@H](OC(C)=O)[C@@H](NC(=O)C(F)(F)F)[C@H]([C@H](OC(C)=O)[C@@H](COC(C)=O)OC(C)=O)O1. The first kappa shape index (κ1) is 33.9. The molecule has 0 radical (unpaired) electrons. The number of methoxy groups -OCH3 is 1. The molecule has 0 aromatic carbocycles. The summed E-state index contributed by atoms with van der Waals surface area (Å²) in [6.45, 7) is 4.64. The van der Waals surface area contributed by atoms with E-state index in [1.54, 1.807) is 12.2 Å². The van der Waals surface area contributed by atoms with Crippen molar-refractivity contribution in [2.75, 3.05) is 19.5 Å². The quantitative estimate of drug-likeness (QED) is 0.265. The predicted molar refractivity (Wildman–Crippen MR) is 124 cm³/mol. The van der Waals surface area contributed by atoms with E-state index < -0.39 is 90.3 Å². The number of nitrogens with one attached hydrogen (secondary N) is 1. The fourth-order valence-electron chi connectivity index (χ4n) is 3.78. The number of halogens is 3. The third-order valence-corrected chi connectivity index (χ3v) is 6.24. The normalized spacial score (nSPS) is 24.4. The minimum Gasteiger partial charge on any atom is -0.466 e. The molecule has 0 saturated carbocycles. The lowest BCUT2D eigenvalue weighted by Gasteiger charge is -2.48. The zero-order valence-corrected chi connectivity index (χ0v) is 22.8. The number of esters is 5. The topological polar surface area (TPSA) is 170 Å². The molecule has 1 heterocycles. The zero-order chi connectivity index (χ0) is 30.1. The second kappa shape index (κ2) is 14.3. The van der Waals surface area contributed by atoms with Crippen molar-refractivity contribution in [2.45, 2.75) is 82.6 Å². The Morgan fingerprint density at radius 2 is 1.59 bits per heavy atom. The van der Waals surface area contributed by atoms with Crippen LogP contribution in [0.5, 0.6) is 0 Å². The van der Waals surface area contributed by atoms with Gasteiger partial charge in [-0.3, -0.25) is 24.0 Å². The van der Waals surface area contributed by atoms with Gasteiger partial charge in [0.05, 0.1) is 13.2 Å². The fraction of sp³-hybridized carbons (Fsp3) is 0.727. The van der Waals surface area contributed by atoms with Crippen LogP contribution in [0.25, 0.3) is 0 Å². The maximum absolute atomic E-state index is 13.3. The molecule has 17 heteroatoms. The van der Waals surface area contributed by atoms with Crippen LogP contribution < -0.4 is 5.32 Å². The van der Waals surface area contributed by atoms with Crippen LogP contribution in [0.3, 0.4) is 0 Å². The third kappa shape index (κ3) is 9.87. The van der Waals surface area contributed by atoms with Gasteiger partial charge in [0.15, 0.2) is 12.2 Å². The van der Waals surface area contributed by atoms with E-state index in [0.717, 1.165) is 46.6 Å². The van der Waals surface area contributed by atoms with Crippen molar-refractivity contribution in [3.63, 3.8) is 0 Å². The van der Waals surface area contributed by atoms with Gasteiger partial charge in [0.2, 0.25) is 4.93 Å². The van der Waals surface area contributed by atoms with E-state index in [2.05, 4.69) is 0 Å². The van der Waals surface area contributed by atoms with Gasteiger partial charge in [-0.15, -0.1) is 11.8 Å². The number of carbonyl (C=O) groups excluding carboxylic acids is 6. The lowest BCUT2D eigenvalue weighted by molar-refractivity contribution is -0.226.